The second-order valence-electron chi connectivity index (χ2n) is 7.92. The number of hydrogen-bond donors (Lipinski definition) is 1. The molecule has 0 aliphatic carbocycles. The molecule has 7 heteroatoms. The van der Waals surface area contributed by atoms with Crippen molar-refractivity contribution in [1.82, 2.24) is 0 Å². The Labute approximate surface area is 191 Å². The first kappa shape index (κ1) is 20.6. The number of rotatable bonds is 6. The van der Waals surface area contributed by atoms with Crippen LogP contribution in [0.15, 0.2) is 78.5 Å². The van der Waals surface area contributed by atoms with Crippen molar-refractivity contribution in [3.63, 3.8) is 0 Å². The molecular weight excluding hydrogens is 420 g/mol. The molecule has 0 saturated carbocycles. The average Bonchev–Trinajstić information content (AvgIpc) is 3.37. The Kier molecular flexibility index (Phi) is 5.22. The standard InChI is InChI=1S/C26H22N2O5/c1-16(2)33-20-11-8-17(9-12-20)23-24(27-18-10-13-21-22(14-18)32-15-31-21)26(30)28(25(23)29)19-6-4-3-5-7-19/h3-14,16,27H,15H2,1-2H3. The van der Waals surface area contributed by atoms with E-state index in [0.717, 1.165) is 0 Å². The summed E-state index contributed by atoms with van der Waals surface area (Å²) >= 11 is 0. The summed E-state index contributed by atoms with van der Waals surface area (Å²) in [5.41, 5.74) is 2.22. The molecular formula is C26H22N2O5. The van der Waals surface area contributed by atoms with Gasteiger partial charge in [0.25, 0.3) is 11.8 Å². The van der Waals surface area contributed by atoms with Gasteiger partial charge in [-0.15, -0.1) is 0 Å². The third-order valence-corrected chi connectivity index (χ3v) is 5.25. The molecule has 2 amide bonds. The Morgan fingerprint density at radius 1 is 0.879 bits per heavy atom. The molecule has 0 fully saturated rings. The van der Waals surface area contributed by atoms with Crippen LogP contribution in [0.3, 0.4) is 0 Å². The van der Waals surface area contributed by atoms with Crippen molar-refractivity contribution >= 4 is 28.8 Å². The van der Waals surface area contributed by atoms with Crippen molar-refractivity contribution in [1.29, 1.82) is 0 Å². The summed E-state index contributed by atoms with van der Waals surface area (Å²) in [7, 11) is 0. The summed E-state index contributed by atoms with van der Waals surface area (Å²) in [4.78, 5) is 28.1. The van der Waals surface area contributed by atoms with Gasteiger partial charge >= 0.3 is 0 Å². The molecule has 5 rings (SSSR count). The zero-order valence-corrected chi connectivity index (χ0v) is 18.2. The molecule has 2 aliphatic heterocycles. The molecule has 3 aromatic carbocycles. The van der Waals surface area contributed by atoms with Gasteiger partial charge in [-0.1, -0.05) is 30.3 Å². The largest absolute Gasteiger partial charge is 0.491 e. The van der Waals surface area contributed by atoms with Gasteiger partial charge < -0.3 is 19.5 Å². The molecule has 2 aliphatic rings. The summed E-state index contributed by atoms with van der Waals surface area (Å²) in [5.74, 6) is 1.08. The fourth-order valence-corrected chi connectivity index (χ4v) is 3.82. The normalized spacial score (nSPS) is 14.9. The maximum atomic E-state index is 13.5. The van der Waals surface area contributed by atoms with E-state index in [4.69, 9.17) is 14.2 Å². The highest BCUT2D eigenvalue weighted by molar-refractivity contribution is 6.46. The Balaban J connectivity index is 1.55. The molecule has 0 atom stereocenters. The summed E-state index contributed by atoms with van der Waals surface area (Å²) in [5, 5.41) is 3.15. The van der Waals surface area contributed by atoms with Gasteiger partial charge in [0.2, 0.25) is 6.79 Å². The topological polar surface area (TPSA) is 77.1 Å². The van der Waals surface area contributed by atoms with E-state index < -0.39 is 11.8 Å². The van der Waals surface area contributed by atoms with Crippen LogP contribution in [0.4, 0.5) is 11.4 Å². The summed E-state index contributed by atoms with van der Waals surface area (Å²) < 4.78 is 16.5. The van der Waals surface area contributed by atoms with Crippen LogP contribution in [-0.4, -0.2) is 24.7 Å². The maximum Gasteiger partial charge on any atom is 0.282 e. The van der Waals surface area contributed by atoms with E-state index >= 15 is 0 Å². The third kappa shape index (κ3) is 3.89. The van der Waals surface area contributed by atoms with Gasteiger partial charge in [0, 0.05) is 11.8 Å². The number of benzene rings is 3. The molecule has 0 aromatic heterocycles. The molecule has 2 heterocycles. The molecule has 166 valence electrons. The predicted molar refractivity (Wildman–Crippen MR) is 124 cm³/mol. The molecule has 0 bridgehead atoms. The summed E-state index contributed by atoms with van der Waals surface area (Å²) in [6, 6.07) is 21.3. The van der Waals surface area contributed by atoms with Crippen molar-refractivity contribution in [2.75, 3.05) is 17.0 Å². The Morgan fingerprint density at radius 3 is 2.33 bits per heavy atom. The number of amides is 2. The van der Waals surface area contributed by atoms with Crippen molar-refractivity contribution in [2.45, 2.75) is 20.0 Å². The highest BCUT2D eigenvalue weighted by Gasteiger charge is 2.40. The SMILES string of the molecule is CC(C)Oc1ccc(C2=C(Nc3ccc4c(c3)OCO4)C(=O)N(c3ccccc3)C2=O)cc1. The number of carbonyl (C=O) groups is 2. The van der Waals surface area contributed by atoms with Gasteiger partial charge in [0.05, 0.1) is 17.4 Å². The fraction of sp³-hybridized carbons (Fsp3) is 0.154. The van der Waals surface area contributed by atoms with Gasteiger partial charge in [0.15, 0.2) is 11.5 Å². The number of imide groups is 1. The van der Waals surface area contributed by atoms with Crippen LogP contribution in [0.2, 0.25) is 0 Å². The van der Waals surface area contributed by atoms with E-state index in [1.165, 1.54) is 4.90 Å². The van der Waals surface area contributed by atoms with E-state index in [2.05, 4.69) is 5.32 Å². The summed E-state index contributed by atoms with van der Waals surface area (Å²) in [6.45, 7) is 4.04. The van der Waals surface area contributed by atoms with Crippen molar-refractivity contribution in [3.05, 3.63) is 84.1 Å². The fourth-order valence-electron chi connectivity index (χ4n) is 3.82. The van der Waals surface area contributed by atoms with E-state index in [9.17, 15) is 9.59 Å². The number of carbonyl (C=O) groups excluding carboxylic acids is 2. The third-order valence-electron chi connectivity index (χ3n) is 5.25. The number of ether oxygens (including phenoxy) is 3. The van der Waals surface area contributed by atoms with Gasteiger partial charge in [-0.2, -0.15) is 0 Å². The first-order valence-electron chi connectivity index (χ1n) is 10.6. The Bertz CT molecular complexity index is 1250. The van der Waals surface area contributed by atoms with Crippen LogP contribution in [0, 0.1) is 0 Å². The zero-order chi connectivity index (χ0) is 22.9. The zero-order valence-electron chi connectivity index (χ0n) is 18.2. The molecule has 33 heavy (non-hydrogen) atoms. The van der Waals surface area contributed by atoms with Crippen molar-refractivity contribution < 1.29 is 23.8 Å². The van der Waals surface area contributed by atoms with Gasteiger partial charge in [-0.25, -0.2) is 4.90 Å². The molecule has 0 saturated heterocycles. The molecule has 0 radical (unpaired) electrons. The van der Waals surface area contributed by atoms with Gasteiger partial charge in [0.1, 0.15) is 11.4 Å². The number of anilines is 2. The predicted octanol–water partition coefficient (Wildman–Crippen LogP) is 4.60. The van der Waals surface area contributed by atoms with E-state index in [1.807, 2.05) is 19.9 Å². The molecule has 7 nitrogen and oxygen atoms in total. The van der Waals surface area contributed by atoms with Crippen molar-refractivity contribution in [2.24, 2.45) is 0 Å². The van der Waals surface area contributed by atoms with Crippen LogP contribution in [0.1, 0.15) is 19.4 Å². The minimum atomic E-state index is -0.429. The highest BCUT2D eigenvalue weighted by Crippen LogP contribution is 2.37. The van der Waals surface area contributed by atoms with Crippen LogP contribution in [0.25, 0.3) is 5.57 Å². The maximum absolute atomic E-state index is 13.5. The van der Waals surface area contributed by atoms with Crippen LogP contribution < -0.4 is 24.4 Å². The minimum Gasteiger partial charge on any atom is -0.491 e. The van der Waals surface area contributed by atoms with E-state index in [0.29, 0.717) is 34.2 Å². The van der Waals surface area contributed by atoms with Crippen molar-refractivity contribution in [3.8, 4) is 17.2 Å². The quantitative estimate of drug-likeness (QED) is 0.563. The van der Waals surface area contributed by atoms with Gasteiger partial charge in [-0.05, 0) is 55.8 Å². The first-order chi connectivity index (χ1) is 16.0. The lowest BCUT2D eigenvalue weighted by Gasteiger charge is -2.15. The second kappa shape index (κ2) is 8.35. The smallest absolute Gasteiger partial charge is 0.282 e. The van der Waals surface area contributed by atoms with Crippen LogP contribution in [-0.2, 0) is 9.59 Å². The Morgan fingerprint density at radius 2 is 1.61 bits per heavy atom. The number of hydrogen-bond acceptors (Lipinski definition) is 6. The van der Waals surface area contributed by atoms with Crippen LogP contribution in [0.5, 0.6) is 17.2 Å². The van der Waals surface area contributed by atoms with Crippen LogP contribution >= 0.6 is 0 Å². The minimum absolute atomic E-state index is 0.0292. The monoisotopic (exact) mass is 442 g/mol. The molecule has 0 spiro atoms. The lowest BCUT2D eigenvalue weighted by Crippen LogP contribution is -2.32. The molecule has 1 N–H and O–H groups in total. The molecule has 0 unspecified atom stereocenters. The average molecular weight is 442 g/mol. The van der Waals surface area contributed by atoms with Gasteiger partial charge in [-0.3, -0.25) is 9.59 Å². The number of para-hydroxylation sites is 1. The second-order valence-corrected chi connectivity index (χ2v) is 7.92. The van der Waals surface area contributed by atoms with E-state index in [-0.39, 0.29) is 24.2 Å². The highest BCUT2D eigenvalue weighted by atomic mass is 16.7. The first-order valence-corrected chi connectivity index (χ1v) is 10.6. The number of nitrogens with zero attached hydrogens (tertiary/aromatic N) is 1. The summed E-state index contributed by atoms with van der Waals surface area (Å²) in [6.07, 6.45) is 0.0292. The lowest BCUT2D eigenvalue weighted by molar-refractivity contribution is -0.120. The lowest BCUT2D eigenvalue weighted by atomic mass is 10.0. The van der Waals surface area contributed by atoms with E-state index in [1.54, 1.807) is 66.7 Å². The molecule has 3 aromatic rings. The number of fused-ring (bicyclic) bond motifs is 1. The number of nitrogens with one attached hydrogen (secondary N) is 1. The Hall–Kier alpha value is -4.26.